The molecule has 0 aliphatic rings. The van der Waals surface area contributed by atoms with Crippen molar-refractivity contribution in [3.8, 4) is 34.1 Å². The van der Waals surface area contributed by atoms with Crippen molar-refractivity contribution in [2.24, 2.45) is 0 Å². The van der Waals surface area contributed by atoms with E-state index in [0.717, 1.165) is 16.8 Å². The van der Waals surface area contributed by atoms with E-state index in [4.69, 9.17) is 13.9 Å². The minimum atomic E-state index is -0.549. The van der Waals surface area contributed by atoms with Crippen LogP contribution >= 0.6 is 0 Å². The molecule has 8 heteroatoms. The van der Waals surface area contributed by atoms with Gasteiger partial charge in [0.05, 0.1) is 12.8 Å². The molecule has 0 bridgehead atoms. The molecular weight excluding hydrogens is 432 g/mol. The van der Waals surface area contributed by atoms with Crippen molar-refractivity contribution in [2.45, 2.75) is 6.61 Å². The molecule has 5 aromatic rings. The molecule has 0 amide bonds. The number of hydrogen-bond donors (Lipinski definition) is 0. The van der Waals surface area contributed by atoms with Crippen molar-refractivity contribution in [3.63, 3.8) is 0 Å². The first-order valence-electron chi connectivity index (χ1n) is 10.6. The number of benzene rings is 3. The summed E-state index contributed by atoms with van der Waals surface area (Å²) in [6, 6.07) is 26.2. The van der Waals surface area contributed by atoms with Crippen molar-refractivity contribution < 1.29 is 18.7 Å². The number of para-hydroxylation sites is 1. The van der Waals surface area contributed by atoms with Crippen molar-refractivity contribution in [3.05, 3.63) is 103 Å². The monoisotopic (exact) mass is 452 g/mol. The predicted octanol–water partition coefficient (Wildman–Crippen LogP) is 4.95. The van der Waals surface area contributed by atoms with E-state index < -0.39 is 5.97 Å². The molecule has 34 heavy (non-hydrogen) atoms. The topological polar surface area (TPSA) is 92.3 Å². The molecule has 0 fully saturated rings. The highest BCUT2D eigenvalue weighted by Crippen LogP contribution is 2.27. The van der Waals surface area contributed by atoms with E-state index in [9.17, 15) is 4.79 Å². The number of carbonyl (C=O) groups is 1. The zero-order chi connectivity index (χ0) is 23.3. The van der Waals surface area contributed by atoms with Gasteiger partial charge in [-0.15, -0.1) is 10.2 Å². The van der Waals surface area contributed by atoms with Crippen LogP contribution < -0.4 is 4.74 Å². The molecule has 0 N–H and O–H groups in total. The first kappa shape index (κ1) is 21.1. The van der Waals surface area contributed by atoms with Crippen LogP contribution in [-0.4, -0.2) is 33.1 Å². The predicted molar refractivity (Wildman–Crippen MR) is 124 cm³/mol. The van der Waals surface area contributed by atoms with Gasteiger partial charge in [-0.3, -0.25) is 0 Å². The quantitative estimate of drug-likeness (QED) is 0.322. The summed E-state index contributed by atoms with van der Waals surface area (Å²) in [7, 11) is 1.60. The number of hydrogen-bond acceptors (Lipinski definition) is 7. The smallest absolute Gasteiger partial charge is 0.342 e. The average molecular weight is 452 g/mol. The van der Waals surface area contributed by atoms with Gasteiger partial charge in [0.15, 0.2) is 6.61 Å². The summed E-state index contributed by atoms with van der Waals surface area (Å²) in [6.07, 6.45) is 1.65. The molecule has 0 aliphatic carbocycles. The van der Waals surface area contributed by atoms with E-state index in [0.29, 0.717) is 22.9 Å². The van der Waals surface area contributed by atoms with Gasteiger partial charge in [-0.2, -0.15) is 5.10 Å². The normalized spacial score (nSPS) is 10.7. The Morgan fingerprint density at radius 1 is 0.882 bits per heavy atom. The zero-order valence-corrected chi connectivity index (χ0v) is 18.3. The molecular formula is C26H20N4O4. The van der Waals surface area contributed by atoms with Crippen LogP contribution in [0.15, 0.2) is 95.5 Å². The minimum Gasteiger partial charge on any atom is -0.497 e. The van der Waals surface area contributed by atoms with E-state index >= 15 is 0 Å². The Hall–Kier alpha value is -4.72. The Bertz CT molecular complexity index is 1390. The van der Waals surface area contributed by atoms with Crippen LogP contribution in [0.1, 0.15) is 16.2 Å². The summed E-state index contributed by atoms with van der Waals surface area (Å²) in [5.41, 5.74) is 3.18. The third-order valence-corrected chi connectivity index (χ3v) is 5.13. The van der Waals surface area contributed by atoms with Crippen molar-refractivity contribution >= 4 is 5.97 Å². The van der Waals surface area contributed by atoms with Gasteiger partial charge < -0.3 is 13.9 Å². The van der Waals surface area contributed by atoms with E-state index in [1.165, 1.54) is 0 Å². The molecule has 0 atom stereocenters. The summed E-state index contributed by atoms with van der Waals surface area (Å²) in [6.45, 7) is -0.156. The summed E-state index contributed by atoms with van der Waals surface area (Å²) >= 11 is 0. The lowest BCUT2D eigenvalue weighted by Crippen LogP contribution is -2.06. The van der Waals surface area contributed by atoms with Gasteiger partial charge >= 0.3 is 5.97 Å². The van der Waals surface area contributed by atoms with Gasteiger partial charge in [0.2, 0.25) is 5.89 Å². The van der Waals surface area contributed by atoms with Gasteiger partial charge in [0.1, 0.15) is 17.0 Å². The summed E-state index contributed by atoms with van der Waals surface area (Å²) in [5, 5.41) is 12.7. The van der Waals surface area contributed by atoms with Crippen LogP contribution in [0.5, 0.6) is 5.75 Å². The molecule has 0 saturated carbocycles. The molecule has 0 unspecified atom stereocenters. The number of ether oxygens (including phenoxy) is 2. The minimum absolute atomic E-state index is 0.156. The SMILES string of the molecule is COc1ccc(-c2nn(-c3ccccc3)cc2C(=O)OCc2nnc(-c3ccccc3)o2)cc1. The fraction of sp³-hybridized carbons (Fsp3) is 0.0769. The Balaban J connectivity index is 1.40. The van der Waals surface area contributed by atoms with Crippen LogP contribution in [0.25, 0.3) is 28.4 Å². The third kappa shape index (κ3) is 4.42. The fourth-order valence-electron chi connectivity index (χ4n) is 3.41. The van der Waals surface area contributed by atoms with Gasteiger partial charge in [0, 0.05) is 17.3 Å². The van der Waals surface area contributed by atoms with Gasteiger partial charge in [-0.05, 0) is 48.5 Å². The number of methoxy groups -OCH3 is 1. The number of carbonyl (C=O) groups excluding carboxylic acids is 1. The largest absolute Gasteiger partial charge is 0.497 e. The zero-order valence-electron chi connectivity index (χ0n) is 18.3. The number of aromatic nitrogens is 4. The Morgan fingerprint density at radius 3 is 2.29 bits per heavy atom. The molecule has 168 valence electrons. The van der Waals surface area contributed by atoms with E-state index in [1.807, 2.05) is 84.9 Å². The lowest BCUT2D eigenvalue weighted by atomic mass is 10.1. The first-order chi connectivity index (χ1) is 16.7. The molecule has 0 aliphatic heterocycles. The maximum Gasteiger partial charge on any atom is 0.342 e. The molecule has 0 spiro atoms. The average Bonchev–Trinajstić information content (AvgIpc) is 3.56. The van der Waals surface area contributed by atoms with Gasteiger partial charge in [-0.1, -0.05) is 36.4 Å². The number of rotatable bonds is 7. The van der Waals surface area contributed by atoms with E-state index in [-0.39, 0.29) is 12.5 Å². The van der Waals surface area contributed by atoms with Crippen LogP contribution in [0.3, 0.4) is 0 Å². The van der Waals surface area contributed by atoms with Gasteiger partial charge in [0.25, 0.3) is 5.89 Å². The molecule has 2 aromatic heterocycles. The Morgan fingerprint density at radius 2 is 1.59 bits per heavy atom. The lowest BCUT2D eigenvalue weighted by Gasteiger charge is -2.04. The second kappa shape index (κ2) is 9.41. The molecule has 5 rings (SSSR count). The summed E-state index contributed by atoms with van der Waals surface area (Å²) in [5.74, 6) is 0.726. The molecule has 0 radical (unpaired) electrons. The number of nitrogens with zero attached hydrogens (tertiary/aromatic N) is 4. The standard InChI is InChI=1S/C26H20N4O4/c1-32-21-14-12-18(13-15-21)24-22(16-30(29-24)20-10-6-3-7-11-20)26(31)33-17-23-27-28-25(34-23)19-8-4-2-5-9-19/h2-16H,17H2,1H3. The second-order valence-electron chi connectivity index (χ2n) is 7.34. The van der Waals surface area contributed by atoms with Crippen molar-refractivity contribution in [1.29, 1.82) is 0 Å². The van der Waals surface area contributed by atoms with Crippen LogP contribution in [0, 0.1) is 0 Å². The van der Waals surface area contributed by atoms with E-state index in [1.54, 1.807) is 18.0 Å². The highest BCUT2D eigenvalue weighted by Gasteiger charge is 2.21. The Kier molecular flexibility index (Phi) is 5.85. The third-order valence-electron chi connectivity index (χ3n) is 5.13. The molecule has 2 heterocycles. The molecule has 8 nitrogen and oxygen atoms in total. The highest BCUT2D eigenvalue weighted by atomic mass is 16.5. The summed E-state index contributed by atoms with van der Waals surface area (Å²) in [4.78, 5) is 13.1. The first-order valence-corrected chi connectivity index (χ1v) is 10.6. The lowest BCUT2D eigenvalue weighted by molar-refractivity contribution is 0.0439. The number of esters is 1. The van der Waals surface area contributed by atoms with Crippen molar-refractivity contribution in [2.75, 3.05) is 7.11 Å². The highest BCUT2D eigenvalue weighted by molar-refractivity contribution is 5.96. The Labute approximate surface area is 195 Å². The molecule has 3 aromatic carbocycles. The molecule has 0 saturated heterocycles. The maximum absolute atomic E-state index is 13.1. The van der Waals surface area contributed by atoms with Crippen LogP contribution in [0.2, 0.25) is 0 Å². The fourth-order valence-corrected chi connectivity index (χ4v) is 3.41. The van der Waals surface area contributed by atoms with Crippen LogP contribution in [-0.2, 0) is 11.3 Å². The van der Waals surface area contributed by atoms with Gasteiger partial charge in [-0.25, -0.2) is 9.48 Å². The van der Waals surface area contributed by atoms with Crippen LogP contribution in [0.4, 0.5) is 0 Å². The summed E-state index contributed by atoms with van der Waals surface area (Å²) < 4.78 is 18.0. The van der Waals surface area contributed by atoms with E-state index in [2.05, 4.69) is 15.3 Å². The van der Waals surface area contributed by atoms with Crippen molar-refractivity contribution in [1.82, 2.24) is 20.0 Å². The maximum atomic E-state index is 13.1. The second-order valence-corrected chi connectivity index (χ2v) is 7.34.